The number of primary sulfonamides is 1. The summed E-state index contributed by atoms with van der Waals surface area (Å²) in [4.78, 5) is 0.0759. The third kappa shape index (κ3) is 4.56. The van der Waals surface area contributed by atoms with Gasteiger partial charge >= 0.3 is 0 Å². The molecule has 0 aromatic heterocycles. The molecule has 2 rings (SSSR count). The van der Waals surface area contributed by atoms with Gasteiger partial charge in [0.05, 0.1) is 4.90 Å². The minimum Gasteiger partial charge on any atom is -0.385 e. The van der Waals surface area contributed by atoms with Gasteiger partial charge in [-0.25, -0.2) is 13.6 Å². The first-order valence-corrected chi connectivity index (χ1v) is 8.49. The molecule has 0 radical (unpaired) electrons. The maximum absolute atomic E-state index is 11.1. The topological polar surface area (TPSA) is 96.0 Å². The van der Waals surface area contributed by atoms with Crippen LogP contribution in [0, 0.1) is 5.41 Å². The van der Waals surface area contributed by atoms with E-state index in [9.17, 15) is 8.42 Å². The van der Waals surface area contributed by atoms with Crippen LogP contribution >= 0.6 is 11.6 Å². The van der Waals surface area contributed by atoms with Crippen molar-refractivity contribution in [2.75, 3.05) is 11.9 Å². The summed E-state index contributed by atoms with van der Waals surface area (Å²) in [7, 11) is -3.67. The van der Waals surface area contributed by atoms with E-state index in [2.05, 4.69) is 5.32 Å². The summed E-state index contributed by atoms with van der Waals surface area (Å²) < 4.78 is 22.3. The van der Waals surface area contributed by atoms with Gasteiger partial charge in [-0.15, -0.1) is 0 Å². The molecule has 0 atom stereocenters. The molecule has 0 unspecified atom stereocenters. The van der Waals surface area contributed by atoms with Crippen molar-refractivity contribution in [3.05, 3.63) is 59.1 Å². The van der Waals surface area contributed by atoms with Crippen molar-refractivity contribution < 1.29 is 8.42 Å². The Morgan fingerprint density at radius 1 is 1.09 bits per heavy atom. The van der Waals surface area contributed by atoms with E-state index in [-0.39, 0.29) is 4.90 Å². The number of rotatable bonds is 6. The van der Waals surface area contributed by atoms with Crippen molar-refractivity contribution in [3.63, 3.8) is 0 Å². The first-order valence-electron chi connectivity index (χ1n) is 6.56. The Balaban J connectivity index is 1.88. The van der Waals surface area contributed by atoms with E-state index in [1.165, 1.54) is 12.1 Å². The van der Waals surface area contributed by atoms with Crippen LogP contribution in [0.2, 0.25) is 5.02 Å². The third-order valence-corrected chi connectivity index (χ3v) is 4.26. The summed E-state index contributed by atoms with van der Waals surface area (Å²) in [5.41, 5.74) is 2.11. The fourth-order valence-corrected chi connectivity index (χ4v) is 2.53. The molecule has 5 nitrogen and oxygen atoms in total. The minimum absolute atomic E-state index is 0.0759. The molecule has 0 fully saturated rings. The number of hydrogen-bond acceptors (Lipinski definition) is 4. The molecular formula is C15H16ClN3O2S. The highest BCUT2D eigenvalue weighted by molar-refractivity contribution is 7.89. The van der Waals surface area contributed by atoms with Gasteiger partial charge in [-0.3, -0.25) is 0 Å². The van der Waals surface area contributed by atoms with Crippen molar-refractivity contribution >= 4 is 33.0 Å². The second-order valence-electron chi connectivity index (χ2n) is 4.73. The molecule has 0 aliphatic rings. The molecule has 7 heteroatoms. The van der Waals surface area contributed by atoms with Crippen LogP contribution in [0.5, 0.6) is 0 Å². The van der Waals surface area contributed by atoms with Gasteiger partial charge in [0.15, 0.2) is 0 Å². The van der Waals surface area contributed by atoms with E-state index in [0.717, 1.165) is 11.3 Å². The zero-order chi connectivity index (χ0) is 16.2. The summed E-state index contributed by atoms with van der Waals surface area (Å²) in [5.74, 6) is 0. The molecule has 2 aromatic rings. The molecule has 22 heavy (non-hydrogen) atoms. The number of halogens is 1. The molecule has 0 spiro atoms. The summed E-state index contributed by atoms with van der Waals surface area (Å²) in [6, 6.07) is 13.3. The standard InChI is InChI=1S/C15H16ClN3O2S/c16-12-3-1-11(2-4-12)15(17)9-10-19-13-5-7-14(8-6-13)22(18,20)21/h1-8,17,19H,9-10H2,(H2,18,20,21). The van der Waals surface area contributed by atoms with Gasteiger partial charge in [-0.05, 0) is 42.0 Å². The van der Waals surface area contributed by atoms with Crippen LogP contribution in [-0.4, -0.2) is 20.7 Å². The molecule has 0 amide bonds. The van der Waals surface area contributed by atoms with E-state index in [0.29, 0.717) is 23.7 Å². The van der Waals surface area contributed by atoms with Gasteiger partial charge in [-0.2, -0.15) is 0 Å². The lowest BCUT2D eigenvalue weighted by Gasteiger charge is -2.08. The third-order valence-electron chi connectivity index (χ3n) is 3.08. The predicted molar refractivity (Wildman–Crippen MR) is 89.2 cm³/mol. The van der Waals surface area contributed by atoms with E-state index in [1.807, 2.05) is 12.1 Å². The zero-order valence-electron chi connectivity index (χ0n) is 11.7. The Hall–Kier alpha value is -1.89. The van der Waals surface area contributed by atoms with Crippen LogP contribution in [0.25, 0.3) is 0 Å². The van der Waals surface area contributed by atoms with Crippen molar-refractivity contribution in [2.45, 2.75) is 11.3 Å². The maximum atomic E-state index is 11.1. The van der Waals surface area contributed by atoms with Crippen molar-refractivity contribution in [2.24, 2.45) is 5.14 Å². The zero-order valence-corrected chi connectivity index (χ0v) is 13.3. The monoisotopic (exact) mass is 337 g/mol. The normalized spacial score (nSPS) is 11.2. The fourth-order valence-electron chi connectivity index (χ4n) is 1.89. The van der Waals surface area contributed by atoms with Crippen LogP contribution in [0.1, 0.15) is 12.0 Å². The highest BCUT2D eigenvalue weighted by Gasteiger charge is 2.06. The Morgan fingerprint density at radius 3 is 2.23 bits per heavy atom. The molecule has 2 aromatic carbocycles. The average Bonchev–Trinajstić information content (AvgIpc) is 2.47. The van der Waals surface area contributed by atoms with Gasteiger partial charge in [0.2, 0.25) is 10.0 Å². The first kappa shape index (κ1) is 16.5. The molecule has 0 aliphatic heterocycles. The molecule has 116 valence electrons. The quantitative estimate of drug-likeness (QED) is 0.707. The maximum Gasteiger partial charge on any atom is 0.238 e. The fraction of sp³-hybridized carbons (Fsp3) is 0.133. The Bertz CT molecular complexity index is 756. The Kier molecular flexibility index (Phi) is 5.18. The van der Waals surface area contributed by atoms with Gasteiger partial charge in [0, 0.05) is 29.4 Å². The Morgan fingerprint density at radius 2 is 1.68 bits per heavy atom. The smallest absolute Gasteiger partial charge is 0.238 e. The van der Waals surface area contributed by atoms with Crippen LogP contribution in [0.4, 0.5) is 5.69 Å². The van der Waals surface area contributed by atoms with E-state index in [4.69, 9.17) is 22.1 Å². The summed E-state index contributed by atoms with van der Waals surface area (Å²) >= 11 is 5.81. The number of hydrogen-bond donors (Lipinski definition) is 3. The summed E-state index contributed by atoms with van der Waals surface area (Å²) in [5, 5.41) is 16.8. The number of sulfonamides is 1. The van der Waals surface area contributed by atoms with Crippen LogP contribution in [0.3, 0.4) is 0 Å². The van der Waals surface area contributed by atoms with Crippen LogP contribution in [0.15, 0.2) is 53.4 Å². The molecule has 0 bridgehead atoms. The van der Waals surface area contributed by atoms with Gasteiger partial charge < -0.3 is 10.7 Å². The second kappa shape index (κ2) is 6.91. The largest absolute Gasteiger partial charge is 0.385 e. The van der Waals surface area contributed by atoms with Crippen molar-refractivity contribution in [1.82, 2.24) is 0 Å². The Labute approximate surface area is 134 Å². The molecule has 0 aliphatic carbocycles. The first-order chi connectivity index (χ1) is 10.4. The van der Waals surface area contributed by atoms with Gasteiger partial charge in [0.1, 0.15) is 0 Å². The van der Waals surface area contributed by atoms with Gasteiger partial charge in [-0.1, -0.05) is 23.7 Å². The number of anilines is 1. The lowest BCUT2D eigenvalue weighted by atomic mass is 10.1. The average molecular weight is 338 g/mol. The lowest BCUT2D eigenvalue weighted by Crippen LogP contribution is -2.12. The highest BCUT2D eigenvalue weighted by atomic mass is 35.5. The predicted octanol–water partition coefficient (Wildman–Crippen LogP) is 2.86. The number of benzene rings is 2. The van der Waals surface area contributed by atoms with Gasteiger partial charge in [0.25, 0.3) is 0 Å². The van der Waals surface area contributed by atoms with E-state index >= 15 is 0 Å². The highest BCUT2D eigenvalue weighted by Crippen LogP contribution is 2.14. The lowest BCUT2D eigenvalue weighted by molar-refractivity contribution is 0.598. The van der Waals surface area contributed by atoms with Crippen LogP contribution in [-0.2, 0) is 10.0 Å². The van der Waals surface area contributed by atoms with Crippen molar-refractivity contribution in [3.8, 4) is 0 Å². The SMILES string of the molecule is N=C(CCNc1ccc(S(N)(=O)=O)cc1)c1ccc(Cl)cc1. The number of nitrogens with one attached hydrogen (secondary N) is 2. The molecule has 4 N–H and O–H groups in total. The van der Waals surface area contributed by atoms with E-state index in [1.54, 1.807) is 24.3 Å². The molecular weight excluding hydrogens is 322 g/mol. The van der Waals surface area contributed by atoms with Crippen molar-refractivity contribution in [1.29, 1.82) is 5.41 Å². The van der Waals surface area contributed by atoms with Crippen LogP contribution < -0.4 is 10.5 Å². The summed E-state index contributed by atoms with van der Waals surface area (Å²) in [6.45, 7) is 0.566. The molecule has 0 heterocycles. The van der Waals surface area contributed by atoms with E-state index < -0.39 is 10.0 Å². The molecule has 0 saturated carbocycles. The summed E-state index contributed by atoms with van der Waals surface area (Å²) in [6.07, 6.45) is 0.540. The number of nitrogens with two attached hydrogens (primary N) is 1. The second-order valence-corrected chi connectivity index (χ2v) is 6.73. The minimum atomic E-state index is -3.67. The molecule has 0 saturated heterocycles.